The second-order valence-electron chi connectivity index (χ2n) is 5.73. The number of thiazole rings is 1. The summed E-state index contributed by atoms with van der Waals surface area (Å²) in [7, 11) is 0. The molecule has 3 rings (SSSR count). The SMILES string of the molecule is Cc1ccc(-c2nc(C(=O)O[C@H](C)C(=O)NC3CC3)cs2)cc1. The van der Waals surface area contributed by atoms with E-state index in [1.807, 2.05) is 31.2 Å². The Bertz CT molecular complexity index is 720. The summed E-state index contributed by atoms with van der Waals surface area (Å²) in [6.45, 7) is 3.59. The molecular formula is C17H18N2O3S. The molecule has 1 atom stereocenters. The van der Waals surface area contributed by atoms with E-state index < -0.39 is 12.1 Å². The predicted octanol–water partition coefficient (Wildman–Crippen LogP) is 2.94. The molecule has 1 aromatic carbocycles. The normalized spacial score (nSPS) is 15.0. The number of rotatable bonds is 5. The summed E-state index contributed by atoms with van der Waals surface area (Å²) in [5.74, 6) is -0.826. The van der Waals surface area contributed by atoms with Crippen molar-refractivity contribution in [3.63, 3.8) is 0 Å². The Balaban J connectivity index is 1.63. The van der Waals surface area contributed by atoms with Crippen LogP contribution in [0.25, 0.3) is 10.6 Å². The zero-order chi connectivity index (χ0) is 16.4. The van der Waals surface area contributed by atoms with Crippen LogP contribution in [0.4, 0.5) is 0 Å². The van der Waals surface area contributed by atoms with Gasteiger partial charge in [0.05, 0.1) is 0 Å². The Morgan fingerprint density at radius 3 is 2.65 bits per heavy atom. The Hall–Kier alpha value is -2.21. The Morgan fingerprint density at radius 2 is 2.00 bits per heavy atom. The average Bonchev–Trinajstić information content (AvgIpc) is 3.20. The molecule has 23 heavy (non-hydrogen) atoms. The minimum absolute atomic E-state index is 0.233. The zero-order valence-corrected chi connectivity index (χ0v) is 13.9. The van der Waals surface area contributed by atoms with E-state index in [4.69, 9.17) is 4.74 Å². The van der Waals surface area contributed by atoms with Gasteiger partial charge in [0.25, 0.3) is 5.91 Å². The van der Waals surface area contributed by atoms with Crippen molar-refractivity contribution in [2.45, 2.75) is 38.8 Å². The van der Waals surface area contributed by atoms with Gasteiger partial charge in [-0.25, -0.2) is 9.78 Å². The van der Waals surface area contributed by atoms with Crippen molar-refractivity contribution >= 4 is 23.2 Å². The van der Waals surface area contributed by atoms with Gasteiger partial charge in [0, 0.05) is 17.0 Å². The number of aryl methyl sites for hydroxylation is 1. The minimum atomic E-state index is -0.812. The highest BCUT2D eigenvalue weighted by Gasteiger charge is 2.27. The van der Waals surface area contributed by atoms with Crippen LogP contribution < -0.4 is 5.32 Å². The fourth-order valence-electron chi connectivity index (χ4n) is 2.02. The van der Waals surface area contributed by atoms with Gasteiger partial charge in [-0.05, 0) is 26.7 Å². The van der Waals surface area contributed by atoms with Crippen molar-refractivity contribution in [2.75, 3.05) is 0 Å². The molecule has 1 saturated carbocycles. The lowest BCUT2D eigenvalue weighted by Crippen LogP contribution is -2.37. The molecule has 0 aliphatic heterocycles. The number of benzene rings is 1. The van der Waals surface area contributed by atoms with Crippen molar-refractivity contribution in [3.8, 4) is 10.6 Å². The number of ether oxygens (including phenoxy) is 1. The molecule has 6 heteroatoms. The van der Waals surface area contributed by atoms with Crippen LogP contribution in [0.5, 0.6) is 0 Å². The van der Waals surface area contributed by atoms with Crippen LogP contribution in [-0.2, 0) is 9.53 Å². The van der Waals surface area contributed by atoms with Crippen molar-refractivity contribution < 1.29 is 14.3 Å². The molecule has 1 fully saturated rings. The van der Waals surface area contributed by atoms with Crippen molar-refractivity contribution in [1.29, 1.82) is 0 Å². The van der Waals surface area contributed by atoms with E-state index in [-0.39, 0.29) is 17.6 Å². The number of aromatic nitrogens is 1. The summed E-state index contributed by atoms with van der Waals surface area (Å²) < 4.78 is 5.19. The summed E-state index contributed by atoms with van der Waals surface area (Å²) in [6.07, 6.45) is 1.18. The van der Waals surface area contributed by atoms with E-state index in [0.717, 1.165) is 23.4 Å². The minimum Gasteiger partial charge on any atom is -0.448 e. The van der Waals surface area contributed by atoms with Gasteiger partial charge in [-0.2, -0.15) is 0 Å². The number of carbonyl (C=O) groups is 2. The molecule has 0 bridgehead atoms. The zero-order valence-electron chi connectivity index (χ0n) is 13.0. The van der Waals surface area contributed by atoms with Crippen LogP contribution in [0.15, 0.2) is 29.6 Å². The number of esters is 1. The Morgan fingerprint density at radius 1 is 1.30 bits per heavy atom. The molecule has 0 saturated heterocycles. The molecule has 1 amide bonds. The van der Waals surface area contributed by atoms with Crippen molar-refractivity contribution in [3.05, 3.63) is 40.9 Å². The highest BCUT2D eigenvalue weighted by atomic mass is 32.1. The summed E-state index contributed by atoms with van der Waals surface area (Å²) in [4.78, 5) is 28.2. The third kappa shape index (κ3) is 3.96. The van der Waals surface area contributed by atoms with E-state index in [1.54, 1.807) is 12.3 Å². The molecule has 120 valence electrons. The molecular weight excluding hydrogens is 312 g/mol. The first-order valence-corrected chi connectivity index (χ1v) is 8.45. The largest absolute Gasteiger partial charge is 0.448 e. The molecule has 1 heterocycles. The van der Waals surface area contributed by atoms with Crippen LogP contribution in [0.2, 0.25) is 0 Å². The van der Waals surface area contributed by atoms with E-state index in [1.165, 1.54) is 16.9 Å². The molecule has 5 nitrogen and oxygen atoms in total. The smallest absolute Gasteiger partial charge is 0.358 e. The fraction of sp³-hybridized carbons (Fsp3) is 0.353. The molecule has 0 unspecified atom stereocenters. The van der Waals surface area contributed by atoms with Crippen molar-refractivity contribution in [1.82, 2.24) is 10.3 Å². The Labute approximate surface area is 138 Å². The quantitative estimate of drug-likeness (QED) is 0.856. The maximum Gasteiger partial charge on any atom is 0.358 e. The third-order valence-electron chi connectivity index (χ3n) is 3.59. The average molecular weight is 330 g/mol. The molecule has 1 aliphatic carbocycles. The Kier molecular flexibility index (Phi) is 4.43. The highest BCUT2D eigenvalue weighted by molar-refractivity contribution is 7.13. The first kappa shape index (κ1) is 15.7. The summed E-state index contributed by atoms with van der Waals surface area (Å²) in [6, 6.07) is 8.18. The predicted molar refractivity (Wildman–Crippen MR) is 88.3 cm³/mol. The van der Waals surface area contributed by atoms with E-state index in [9.17, 15) is 9.59 Å². The number of nitrogens with zero attached hydrogens (tertiary/aromatic N) is 1. The lowest BCUT2D eigenvalue weighted by Gasteiger charge is -2.12. The van der Waals surface area contributed by atoms with Crippen LogP contribution >= 0.6 is 11.3 Å². The number of carbonyl (C=O) groups excluding carboxylic acids is 2. The van der Waals surface area contributed by atoms with Crippen LogP contribution in [0, 0.1) is 6.92 Å². The monoisotopic (exact) mass is 330 g/mol. The highest BCUT2D eigenvalue weighted by Crippen LogP contribution is 2.24. The number of nitrogens with one attached hydrogen (secondary N) is 1. The standard InChI is InChI=1S/C17H18N2O3S/c1-10-3-5-12(6-4-10)16-19-14(9-23-16)17(21)22-11(2)15(20)18-13-7-8-13/h3-6,9,11,13H,7-8H2,1-2H3,(H,18,20)/t11-/m1/s1. The molecule has 0 spiro atoms. The van der Waals surface area contributed by atoms with E-state index in [2.05, 4.69) is 10.3 Å². The lowest BCUT2D eigenvalue weighted by molar-refractivity contribution is -0.129. The molecule has 2 aromatic rings. The van der Waals surface area contributed by atoms with Gasteiger partial charge < -0.3 is 10.1 Å². The van der Waals surface area contributed by atoms with Crippen LogP contribution in [0.3, 0.4) is 0 Å². The molecule has 1 N–H and O–H groups in total. The fourth-order valence-corrected chi connectivity index (χ4v) is 2.81. The van der Waals surface area contributed by atoms with Gasteiger partial charge in [-0.1, -0.05) is 29.8 Å². The van der Waals surface area contributed by atoms with Crippen molar-refractivity contribution in [2.24, 2.45) is 0 Å². The topological polar surface area (TPSA) is 68.3 Å². The first-order chi connectivity index (χ1) is 11.0. The number of amides is 1. The van der Waals surface area contributed by atoms with Gasteiger partial charge in [0.2, 0.25) is 0 Å². The molecule has 0 radical (unpaired) electrons. The van der Waals surface area contributed by atoms with Crippen LogP contribution in [0.1, 0.15) is 35.8 Å². The maximum atomic E-state index is 12.1. The number of hydrogen-bond donors (Lipinski definition) is 1. The van der Waals surface area contributed by atoms with E-state index in [0.29, 0.717) is 0 Å². The molecule has 1 aliphatic rings. The second-order valence-corrected chi connectivity index (χ2v) is 6.59. The van der Waals surface area contributed by atoms with Crippen LogP contribution in [-0.4, -0.2) is 29.0 Å². The van der Waals surface area contributed by atoms with Gasteiger partial charge in [0.1, 0.15) is 5.01 Å². The molecule has 1 aromatic heterocycles. The summed E-state index contributed by atoms with van der Waals surface area (Å²) in [5.41, 5.74) is 2.36. The first-order valence-electron chi connectivity index (χ1n) is 7.57. The van der Waals surface area contributed by atoms with Gasteiger partial charge in [-0.3, -0.25) is 4.79 Å². The van der Waals surface area contributed by atoms with Gasteiger partial charge >= 0.3 is 5.97 Å². The summed E-state index contributed by atoms with van der Waals surface area (Å²) in [5, 5.41) is 5.23. The lowest BCUT2D eigenvalue weighted by atomic mass is 10.2. The summed E-state index contributed by atoms with van der Waals surface area (Å²) >= 11 is 1.38. The van der Waals surface area contributed by atoms with E-state index >= 15 is 0 Å². The third-order valence-corrected chi connectivity index (χ3v) is 4.48. The number of hydrogen-bond acceptors (Lipinski definition) is 5. The second kappa shape index (κ2) is 6.50. The van der Waals surface area contributed by atoms with Gasteiger partial charge in [0.15, 0.2) is 11.8 Å². The van der Waals surface area contributed by atoms with Gasteiger partial charge in [-0.15, -0.1) is 11.3 Å². The maximum absolute atomic E-state index is 12.1.